The summed E-state index contributed by atoms with van der Waals surface area (Å²) in [5.74, 6) is -0.389. The summed E-state index contributed by atoms with van der Waals surface area (Å²) in [7, 11) is 0. The summed E-state index contributed by atoms with van der Waals surface area (Å²) in [6.45, 7) is 3.15. The van der Waals surface area contributed by atoms with E-state index in [2.05, 4.69) is 24.4 Å². The van der Waals surface area contributed by atoms with Gasteiger partial charge in [0.15, 0.2) is 0 Å². The van der Waals surface area contributed by atoms with Crippen LogP contribution in [0.2, 0.25) is 0 Å². The van der Waals surface area contributed by atoms with Gasteiger partial charge in [0.2, 0.25) is 5.91 Å². The van der Waals surface area contributed by atoms with Crippen LogP contribution in [0.5, 0.6) is 0 Å². The molecule has 0 aromatic heterocycles. The molecule has 6 nitrogen and oxygen atoms in total. The molecule has 3 atom stereocenters. The Morgan fingerprint density at radius 2 is 1.94 bits per heavy atom. The van der Waals surface area contributed by atoms with Gasteiger partial charge in [0, 0.05) is 19.3 Å². The average molecular weight is 476 g/mol. The summed E-state index contributed by atoms with van der Waals surface area (Å²) >= 11 is 0. The van der Waals surface area contributed by atoms with Crippen molar-refractivity contribution in [3.8, 4) is 11.1 Å². The molecule has 3 aliphatic rings. The first kappa shape index (κ1) is 23.3. The molecule has 2 amide bonds. The SMILES string of the molecule is C[C@@H](c1ccccc1-c1ccc(F)cc1)N1C=CCCC=C1C(=O)N1CC[C@@H]2NC(=O)CO[C@H]2C1. The van der Waals surface area contributed by atoms with Crippen LogP contribution in [-0.4, -0.2) is 53.5 Å². The van der Waals surface area contributed by atoms with Crippen molar-refractivity contribution in [2.75, 3.05) is 19.7 Å². The first-order valence-electron chi connectivity index (χ1n) is 12.2. The van der Waals surface area contributed by atoms with Crippen molar-refractivity contribution >= 4 is 11.8 Å². The van der Waals surface area contributed by atoms with E-state index in [1.54, 1.807) is 12.1 Å². The molecule has 2 saturated heterocycles. The van der Waals surface area contributed by atoms with Crippen LogP contribution in [0.4, 0.5) is 4.39 Å². The third-order valence-corrected chi connectivity index (χ3v) is 7.04. The number of halogens is 1. The van der Waals surface area contributed by atoms with Crippen molar-refractivity contribution in [3.63, 3.8) is 0 Å². The highest BCUT2D eigenvalue weighted by molar-refractivity contribution is 5.93. The molecule has 0 saturated carbocycles. The molecule has 3 aliphatic heterocycles. The molecule has 3 heterocycles. The highest BCUT2D eigenvalue weighted by Crippen LogP contribution is 2.35. The van der Waals surface area contributed by atoms with Crippen LogP contribution in [0.25, 0.3) is 11.1 Å². The lowest BCUT2D eigenvalue weighted by atomic mass is 9.94. The van der Waals surface area contributed by atoms with Gasteiger partial charge in [-0.2, -0.15) is 0 Å². The number of nitrogens with one attached hydrogen (secondary N) is 1. The second kappa shape index (κ2) is 10.0. The van der Waals surface area contributed by atoms with E-state index in [0.717, 1.165) is 29.5 Å². The fourth-order valence-electron chi connectivity index (χ4n) is 5.16. The number of rotatable bonds is 4. The summed E-state index contributed by atoms with van der Waals surface area (Å²) < 4.78 is 19.3. The number of piperidine rings is 1. The van der Waals surface area contributed by atoms with Gasteiger partial charge < -0.3 is 19.9 Å². The third-order valence-electron chi connectivity index (χ3n) is 7.04. The molecule has 2 aromatic carbocycles. The van der Waals surface area contributed by atoms with Crippen LogP contribution in [-0.2, 0) is 14.3 Å². The number of nitrogens with zero attached hydrogens (tertiary/aromatic N) is 2. The lowest BCUT2D eigenvalue weighted by Gasteiger charge is -2.42. The maximum atomic E-state index is 13.8. The fourth-order valence-corrected chi connectivity index (χ4v) is 5.16. The predicted octanol–water partition coefficient (Wildman–Crippen LogP) is 4.16. The number of amides is 2. The maximum Gasteiger partial charge on any atom is 0.270 e. The van der Waals surface area contributed by atoms with Gasteiger partial charge in [0.1, 0.15) is 18.1 Å². The average Bonchev–Trinajstić information content (AvgIpc) is 3.14. The highest BCUT2D eigenvalue weighted by atomic mass is 19.1. The second-order valence-electron chi connectivity index (χ2n) is 9.29. The van der Waals surface area contributed by atoms with E-state index >= 15 is 0 Å². The second-order valence-corrected chi connectivity index (χ2v) is 9.29. The van der Waals surface area contributed by atoms with Crippen LogP contribution in [0.1, 0.15) is 37.8 Å². The summed E-state index contributed by atoms with van der Waals surface area (Å²) in [5.41, 5.74) is 3.65. The van der Waals surface area contributed by atoms with Gasteiger partial charge in [0.25, 0.3) is 5.91 Å². The summed E-state index contributed by atoms with van der Waals surface area (Å²) in [6, 6.07) is 14.4. The van der Waals surface area contributed by atoms with Crippen molar-refractivity contribution in [2.45, 2.75) is 44.4 Å². The number of carbonyl (C=O) groups excluding carboxylic acids is 2. The van der Waals surface area contributed by atoms with Crippen LogP contribution < -0.4 is 5.32 Å². The van der Waals surface area contributed by atoms with E-state index in [1.807, 2.05) is 40.3 Å². The molecule has 0 radical (unpaired) electrons. The normalized spacial score (nSPS) is 23.1. The minimum Gasteiger partial charge on any atom is -0.364 e. The van der Waals surface area contributed by atoms with Crippen molar-refractivity contribution in [2.24, 2.45) is 0 Å². The number of carbonyl (C=O) groups is 2. The minimum atomic E-state index is -0.268. The number of morpholine rings is 1. The largest absolute Gasteiger partial charge is 0.364 e. The number of ether oxygens (including phenoxy) is 1. The molecule has 0 aliphatic carbocycles. The molecule has 1 N–H and O–H groups in total. The molecule has 2 fully saturated rings. The molecule has 0 spiro atoms. The fraction of sp³-hybridized carbons (Fsp3) is 0.357. The van der Waals surface area contributed by atoms with Crippen molar-refractivity contribution in [3.05, 3.63) is 84.0 Å². The molecule has 2 aromatic rings. The monoisotopic (exact) mass is 475 g/mol. The molecule has 182 valence electrons. The first-order valence-corrected chi connectivity index (χ1v) is 12.2. The predicted molar refractivity (Wildman–Crippen MR) is 131 cm³/mol. The Morgan fingerprint density at radius 3 is 2.77 bits per heavy atom. The standard InChI is InChI=1S/C28H30FN3O3/c1-19(22-7-4-5-8-23(22)20-10-12-21(29)13-11-20)32-15-6-2-3-9-25(32)28(34)31-16-14-24-26(17-31)35-18-27(33)30-24/h4-13,15,19,24,26H,2-3,14,16-18H2,1H3,(H,30,33)/t19-,24-,26-/m0/s1. The van der Waals surface area contributed by atoms with Crippen LogP contribution in [0, 0.1) is 5.82 Å². The topological polar surface area (TPSA) is 61.9 Å². The Bertz CT molecular complexity index is 1160. The zero-order chi connectivity index (χ0) is 24.4. The zero-order valence-electron chi connectivity index (χ0n) is 19.8. The van der Waals surface area contributed by atoms with Crippen molar-refractivity contribution < 1.29 is 18.7 Å². The van der Waals surface area contributed by atoms with E-state index < -0.39 is 0 Å². The van der Waals surface area contributed by atoms with E-state index in [0.29, 0.717) is 25.2 Å². The number of fused-ring (bicyclic) bond motifs is 1. The minimum absolute atomic E-state index is 0.0263. The van der Waals surface area contributed by atoms with Gasteiger partial charge in [-0.05, 0) is 55.0 Å². The Labute approximate surface area is 205 Å². The van der Waals surface area contributed by atoms with Gasteiger partial charge in [-0.3, -0.25) is 9.59 Å². The number of benzene rings is 2. The molecule has 7 heteroatoms. The van der Waals surface area contributed by atoms with Gasteiger partial charge >= 0.3 is 0 Å². The number of hydrogen-bond donors (Lipinski definition) is 1. The molecule has 5 rings (SSSR count). The van der Waals surface area contributed by atoms with E-state index in [1.165, 1.54) is 12.1 Å². The Balaban J connectivity index is 1.41. The molecule has 0 bridgehead atoms. The quantitative estimate of drug-likeness (QED) is 0.721. The lowest BCUT2D eigenvalue weighted by molar-refractivity contribution is -0.145. The Morgan fingerprint density at radius 1 is 1.14 bits per heavy atom. The van der Waals surface area contributed by atoms with E-state index in [4.69, 9.17) is 4.74 Å². The van der Waals surface area contributed by atoms with Crippen LogP contribution in [0.3, 0.4) is 0 Å². The Kier molecular flexibility index (Phi) is 6.68. The number of hydrogen-bond acceptors (Lipinski definition) is 4. The smallest absolute Gasteiger partial charge is 0.270 e. The lowest BCUT2D eigenvalue weighted by Crippen LogP contribution is -2.60. The summed E-state index contributed by atoms with van der Waals surface area (Å²) in [5, 5.41) is 2.98. The zero-order valence-corrected chi connectivity index (χ0v) is 19.8. The molecule has 35 heavy (non-hydrogen) atoms. The maximum absolute atomic E-state index is 13.8. The van der Waals surface area contributed by atoms with E-state index in [9.17, 15) is 14.0 Å². The van der Waals surface area contributed by atoms with Gasteiger partial charge in [0.05, 0.1) is 18.2 Å². The van der Waals surface area contributed by atoms with Gasteiger partial charge in [-0.25, -0.2) is 4.39 Å². The van der Waals surface area contributed by atoms with Crippen LogP contribution in [0.15, 0.2) is 72.6 Å². The van der Waals surface area contributed by atoms with Crippen molar-refractivity contribution in [1.29, 1.82) is 0 Å². The number of allylic oxidation sites excluding steroid dienone is 2. The van der Waals surface area contributed by atoms with Crippen molar-refractivity contribution in [1.82, 2.24) is 15.1 Å². The summed E-state index contributed by atoms with van der Waals surface area (Å²) in [4.78, 5) is 29.3. The van der Waals surface area contributed by atoms with Crippen LogP contribution >= 0.6 is 0 Å². The molecular weight excluding hydrogens is 445 g/mol. The van der Waals surface area contributed by atoms with E-state index in [-0.39, 0.29) is 42.4 Å². The Hall–Kier alpha value is -3.45. The third kappa shape index (κ3) is 4.86. The molecule has 0 unspecified atom stereocenters. The highest BCUT2D eigenvalue weighted by Gasteiger charge is 2.38. The first-order chi connectivity index (χ1) is 17.0. The van der Waals surface area contributed by atoms with Gasteiger partial charge in [-0.15, -0.1) is 0 Å². The summed E-state index contributed by atoms with van der Waals surface area (Å²) in [6.07, 6.45) is 8.26. The van der Waals surface area contributed by atoms with Gasteiger partial charge in [-0.1, -0.05) is 48.6 Å². The number of likely N-dealkylation sites (tertiary alicyclic amines) is 1. The molecular formula is C28H30FN3O3.